The highest BCUT2D eigenvalue weighted by Gasteiger charge is 2.20. The van der Waals surface area contributed by atoms with Crippen LogP contribution >= 0.6 is 0 Å². The van der Waals surface area contributed by atoms with Gasteiger partial charge in [-0.15, -0.1) is 0 Å². The summed E-state index contributed by atoms with van der Waals surface area (Å²) in [7, 11) is 0. The van der Waals surface area contributed by atoms with Gasteiger partial charge in [-0.2, -0.15) is 0 Å². The summed E-state index contributed by atoms with van der Waals surface area (Å²) < 4.78 is 5.37. The summed E-state index contributed by atoms with van der Waals surface area (Å²) in [5.74, 6) is 1.38. The number of aliphatic hydroxyl groups excluding tert-OH is 1. The van der Waals surface area contributed by atoms with Gasteiger partial charge in [0.25, 0.3) is 0 Å². The fourth-order valence-corrected chi connectivity index (χ4v) is 2.37. The van der Waals surface area contributed by atoms with Crippen molar-refractivity contribution in [3.63, 3.8) is 0 Å². The van der Waals surface area contributed by atoms with Crippen molar-refractivity contribution in [2.24, 2.45) is 11.8 Å². The topological polar surface area (TPSA) is 41.5 Å². The fourth-order valence-electron chi connectivity index (χ4n) is 2.37. The number of nitrogens with one attached hydrogen (secondary N) is 1. The Bertz CT molecular complexity index is 169. The van der Waals surface area contributed by atoms with Gasteiger partial charge in [-0.1, -0.05) is 13.3 Å². The average molecular weight is 229 g/mol. The van der Waals surface area contributed by atoms with Gasteiger partial charge in [0.15, 0.2) is 0 Å². The van der Waals surface area contributed by atoms with Gasteiger partial charge in [-0.3, -0.25) is 0 Å². The summed E-state index contributed by atoms with van der Waals surface area (Å²) >= 11 is 0. The fraction of sp³-hybridized carbons (Fsp3) is 1.00. The molecular weight excluding hydrogens is 202 g/mol. The zero-order chi connectivity index (χ0) is 11.8. The molecule has 1 saturated heterocycles. The molecule has 3 heteroatoms. The van der Waals surface area contributed by atoms with Gasteiger partial charge in [0, 0.05) is 25.9 Å². The third-order valence-electron chi connectivity index (χ3n) is 3.82. The van der Waals surface area contributed by atoms with E-state index in [2.05, 4.69) is 19.2 Å². The average Bonchev–Trinajstić information content (AvgIpc) is 2.35. The van der Waals surface area contributed by atoms with Gasteiger partial charge < -0.3 is 15.2 Å². The Morgan fingerprint density at radius 1 is 1.38 bits per heavy atom. The lowest BCUT2D eigenvalue weighted by Crippen LogP contribution is -2.39. The van der Waals surface area contributed by atoms with Crippen molar-refractivity contribution in [1.29, 1.82) is 0 Å². The second-order valence-electron chi connectivity index (χ2n) is 4.93. The molecule has 0 spiro atoms. The monoisotopic (exact) mass is 229 g/mol. The van der Waals surface area contributed by atoms with Crippen molar-refractivity contribution < 1.29 is 9.84 Å². The zero-order valence-corrected chi connectivity index (χ0v) is 10.7. The second kappa shape index (κ2) is 8.04. The van der Waals surface area contributed by atoms with Crippen LogP contribution in [0.2, 0.25) is 0 Å². The van der Waals surface area contributed by atoms with E-state index in [-0.39, 0.29) is 0 Å². The highest BCUT2D eigenvalue weighted by Crippen LogP contribution is 2.19. The lowest BCUT2D eigenvalue weighted by atomic mass is 9.92. The van der Waals surface area contributed by atoms with Crippen LogP contribution in [-0.2, 0) is 4.74 Å². The van der Waals surface area contributed by atoms with Crippen molar-refractivity contribution in [2.45, 2.75) is 45.6 Å². The van der Waals surface area contributed by atoms with Crippen molar-refractivity contribution in [3.8, 4) is 0 Å². The van der Waals surface area contributed by atoms with Crippen LogP contribution in [0.15, 0.2) is 0 Å². The molecule has 1 fully saturated rings. The first-order valence-electron chi connectivity index (χ1n) is 6.69. The molecule has 0 aromatic rings. The summed E-state index contributed by atoms with van der Waals surface area (Å²) in [4.78, 5) is 0. The Morgan fingerprint density at radius 3 is 2.62 bits per heavy atom. The highest BCUT2D eigenvalue weighted by molar-refractivity contribution is 4.75. The first-order valence-corrected chi connectivity index (χ1v) is 6.69. The Kier molecular flexibility index (Phi) is 7.01. The van der Waals surface area contributed by atoms with Gasteiger partial charge in [0.2, 0.25) is 0 Å². The van der Waals surface area contributed by atoms with Crippen LogP contribution in [0.3, 0.4) is 0 Å². The van der Waals surface area contributed by atoms with Crippen LogP contribution in [0, 0.1) is 11.8 Å². The van der Waals surface area contributed by atoms with Crippen LogP contribution < -0.4 is 5.32 Å². The van der Waals surface area contributed by atoms with Gasteiger partial charge >= 0.3 is 0 Å². The number of rotatable bonds is 7. The minimum atomic E-state index is 0.311. The van der Waals surface area contributed by atoms with E-state index in [0.29, 0.717) is 18.6 Å². The molecule has 1 aliphatic rings. The molecule has 3 nitrogen and oxygen atoms in total. The largest absolute Gasteiger partial charge is 0.396 e. The maximum Gasteiger partial charge on any atom is 0.0469 e. The van der Waals surface area contributed by atoms with E-state index >= 15 is 0 Å². The van der Waals surface area contributed by atoms with Crippen LogP contribution in [0.4, 0.5) is 0 Å². The Balaban J connectivity index is 2.19. The number of hydrogen-bond acceptors (Lipinski definition) is 3. The Morgan fingerprint density at radius 2 is 2.06 bits per heavy atom. The van der Waals surface area contributed by atoms with Crippen LogP contribution in [0.25, 0.3) is 0 Å². The molecule has 1 heterocycles. The number of aliphatic hydroxyl groups is 1. The predicted octanol–water partition coefficient (Wildman–Crippen LogP) is 1.80. The third kappa shape index (κ3) is 4.81. The molecule has 0 radical (unpaired) electrons. The van der Waals surface area contributed by atoms with E-state index in [1.165, 1.54) is 12.8 Å². The Labute approximate surface area is 99.6 Å². The van der Waals surface area contributed by atoms with E-state index in [0.717, 1.165) is 38.5 Å². The molecule has 0 saturated carbocycles. The van der Waals surface area contributed by atoms with Crippen molar-refractivity contribution in [1.82, 2.24) is 5.32 Å². The smallest absolute Gasteiger partial charge is 0.0469 e. The number of hydrogen-bond donors (Lipinski definition) is 2. The molecule has 16 heavy (non-hydrogen) atoms. The maximum absolute atomic E-state index is 8.94. The van der Waals surface area contributed by atoms with Gasteiger partial charge in [-0.05, 0) is 44.6 Å². The molecule has 0 aromatic heterocycles. The molecule has 96 valence electrons. The van der Waals surface area contributed by atoms with E-state index in [1.54, 1.807) is 0 Å². The maximum atomic E-state index is 8.94. The van der Waals surface area contributed by atoms with E-state index in [9.17, 15) is 0 Å². The molecule has 1 aliphatic heterocycles. The zero-order valence-electron chi connectivity index (χ0n) is 10.7. The van der Waals surface area contributed by atoms with E-state index in [1.807, 2.05) is 0 Å². The molecule has 0 amide bonds. The second-order valence-corrected chi connectivity index (χ2v) is 4.93. The summed E-state index contributed by atoms with van der Waals surface area (Å²) in [5.41, 5.74) is 0. The van der Waals surface area contributed by atoms with Crippen molar-refractivity contribution in [2.75, 3.05) is 26.4 Å². The first-order chi connectivity index (χ1) is 7.77. The Hall–Kier alpha value is -0.120. The minimum Gasteiger partial charge on any atom is -0.396 e. The molecule has 2 unspecified atom stereocenters. The van der Waals surface area contributed by atoms with Crippen LogP contribution in [0.5, 0.6) is 0 Å². The number of ether oxygens (including phenoxy) is 1. The highest BCUT2D eigenvalue weighted by atomic mass is 16.5. The first kappa shape index (κ1) is 13.9. The lowest BCUT2D eigenvalue weighted by Gasteiger charge is -2.29. The van der Waals surface area contributed by atoms with Crippen LogP contribution in [-0.4, -0.2) is 37.5 Å². The molecule has 0 bridgehead atoms. The lowest BCUT2D eigenvalue weighted by molar-refractivity contribution is 0.0553. The summed E-state index contributed by atoms with van der Waals surface area (Å²) in [6.07, 6.45) is 4.44. The molecule has 0 aliphatic carbocycles. The predicted molar refractivity (Wildman–Crippen MR) is 66.5 cm³/mol. The summed E-state index contributed by atoms with van der Waals surface area (Å²) in [5, 5.41) is 12.6. The molecular formula is C13H27NO2. The molecule has 2 atom stereocenters. The van der Waals surface area contributed by atoms with E-state index in [4.69, 9.17) is 9.84 Å². The standard InChI is InChI=1S/C13H27NO2/c1-3-12(4-7-15)10-14-11(2)13-5-8-16-9-6-13/h11-15H,3-10H2,1-2H3. The third-order valence-corrected chi connectivity index (χ3v) is 3.82. The minimum absolute atomic E-state index is 0.311. The van der Waals surface area contributed by atoms with Crippen LogP contribution in [0.1, 0.15) is 39.5 Å². The summed E-state index contributed by atoms with van der Waals surface area (Å²) in [6, 6.07) is 0.580. The van der Waals surface area contributed by atoms with Gasteiger partial charge in [0.05, 0.1) is 0 Å². The molecule has 2 N–H and O–H groups in total. The molecule has 0 aromatic carbocycles. The quantitative estimate of drug-likeness (QED) is 0.699. The van der Waals surface area contributed by atoms with E-state index < -0.39 is 0 Å². The van der Waals surface area contributed by atoms with Crippen molar-refractivity contribution in [3.05, 3.63) is 0 Å². The normalized spacial score (nSPS) is 21.9. The SMILES string of the molecule is CCC(CCO)CNC(C)C1CCOCC1. The molecule has 1 rings (SSSR count). The van der Waals surface area contributed by atoms with Gasteiger partial charge in [-0.25, -0.2) is 0 Å². The van der Waals surface area contributed by atoms with Gasteiger partial charge in [0.1, 0.15) is 0 Å². The van der Waals surface area contributed by atoms with Crippen molar-refractivity contribution >= 4 is 0 Å². The summed E-state index contributed by atoms with van der Waals surface area (Å²) in [6.45, 7) is 7.67.